The smallest absolute Gasteiger partial charge is 0.160 e. The van der Waals surface area contributed by atoms with Crippen LogP contribution >= 0.6 is 0 Å². The molecule has 9 unspecified atom stereocenters. The van der Waals surface area contributed by atoms with Crippen molar-refractivity contribution in [1.82, 2.24) is 10.6 Å². The third kappa shape index (κ3) is 2.79. The van der Waals surface area contributed by atoms with Gasteiger partial charge in [0.15, 0.2) is 5.78 Å². The second kappa shape index (κ2) is 7.12. The van der Waals surface area contributed by atoms with E-state index in [1.807, 2.05) is 14.1 Å². The molecule has 0 aromatic rings. The van der Waals surface area contributed by atoms with Crippen molar-refractivity contribution in [2.75, 3.05) is 14.1 Å². The summed E-state index contributed by atoms with van der Waals surface area (Å²) in [5.74, 6) is 0.437. The second-order valence-corrected chi connectivity index (χ2v) is 12.4. The minimum atomic E-state index is -0.618. The number of carbonyl (C=O) groups is 1. The lowest BCUT2D eigenvalue weighted by atomic mass is 9.42. The molecule has 4 N–H and O–H groups in total. The van der Waals surface area contributed by atoms with Crippen LogP contribution in [0.25, 0.3) is 0 Å². The van der Waals surface area contributed by atoms with E-state index in [0.717, 1.165) is 24.0 Å². The largest absolute Gasteiger partial charge is 0.393 e. The third-order valence-corrected chi connectivity index (χ3v) is 10.9. The Kier molecular flexibility index (Phi) is 5.38. The summed E-state index contributed by atoms with van der Waals surface area (Å²) in [6, 6.07) is 0.486. The Morgan fingerprint density at radius 2 is 1.74 bits per heavy atom. The molecule has 4 aliphatic carbocycles. The average molecular weight is 433 g/mol. The Balaban J connectivity index is 1.90. The number of allylic oxidation sites excluding steroid dienone is 1. The van der Waals surface area contributed by atoms with E-state index in [2.05, 4.69) is 52.2 Å². The zero-order chi connectivity index (χ0) is 23.1. The molecular weight excluding hydrogens is 388 g/mol. The van der Waals surface area contributed by atoms with Crippen LogP contribution in [0.1, 0.15) is 73.6 Å². The molecule has 0 spiro atoms. The van der Waals surface area contributed by atoms with Crippen LogP contribution in [0.15, 0.2) is 11.1 Å². The van der Waals surface area contributed by atoms with Gasteiger partial charge in [-0.3, -0.25) is 4.79 Å². The van der Waals surface area contributed by atoms with Gasteiger partial charge in [0.05, 0.1) is 12.2 Å². The van der Waals surface area contributed by atoms with Crippen molar-refractivity contribution < 1.29 is 15.0 Å². The van der Waals surface area contributed by atoms with E-state index in [1.54, 1.807) is 0 Å². The highest BCUT2D eigenvalue weighted by Crippen LogP contribution is 2.71. The minimum absolute atomic E-state index is 0.0123. The van der Waals surface area contributed by atoms with Crippen molar-refractivity contribution in [2.24, 2.45) is 33.5 Å². The number of fused-ring (bicyclic) bond motifs is 4. The van der Waals surface area contributed by atoms with Crippen LogP contribution in [-0.4, -0.2) is 54.4 Å². The number of hydrogen-bond donors (Lipinski definition) is 4. The SMILES string of the molecule is CNC(C)C1C(O)CC2(C)C3=C(C(=O)CC12C)C1(C)CCC(NC)C(C)(C)C1CC3O. The molecule has 0 saturated heterocycles. The monoisotopic (exact) mass is 432 g/mol. The molecule has 0 amide bonds. The Bertz CT molecular complexity index is 806. The lowest BCUT2D eigenvalue weighted by Crippen LogP contribution is -2.61. The maximum absolute atomic E-state index is 14.0. The number of hydrogen-bond acceptors (Lipinski definition) is 5. The summed E-state index contributed by atoms with van der Waals surface area (Å²) in [6.07, 6.45) is 2.68. The standard InChI is InChI=1S/C26H44N2O3/c1-14(27-7)20-16(30)12-26(6)22-15(29)11-18-23(2,3)19(28-8)9-10-24(18,4)21(22)17(31)13-25(20,26)5/h14-16,18-20,27-30H,9-13H2,1-8H3. The van der Waals surface area contributed by atoms with Gasteiger partial charge in [-0.25, -0.2) is 0 Å². The molecule has 5 nitrogen and oxygen atoms in total. The van der Waals surface area contributed by atoms with Gasteiger partial charge in [-0.05, 0) is 74.4 Å². The van der Waals surface area contributed by atoms with E-state index in [9.17, 15) is 15.0 Å². The molecular formula is C26H44N2O3. The summed E-state index contributed by atoms with van der Waals surface area (Å²) in [5, 5.41) is 29.7. The summed E-state index contributed by atoms with van der Waals surface area (Å²) in [7, 11) is 3.95. The van der Waals surface area contributed by atoms with Gasteiger partial charge >= 0.3 is 0 Å². The number of nitrogens with one attached hydrogen (secondary N) is 2. The first-order valence-corrected chi connectivity index (χ1v) is 12.3. The third-order valence-electron chi connectivity index (χ3n) is 10.9. The molecule has 31 heavy (non-hydrogen) atoms. The molecule has 0 aromatic carbocycles. The first-order chi connectivity index (χ1) is 14.3. The van der Waals surface area contributed by atoms with Gasteiger partial charge in [0.1, 0.15) is 0 Å². The van der Waals surface area contributed by atoms with E-state index in [4.69, 9.17) is 0 Å². The predicted molar refractivity (Wildman–Crippen MR) is 124 cm³/mol. The topological polar surface area (TPSA) is 81.6 Å². The second-order valence-electron chi connectivity index (χ2n) is 12.4. The first kappa shape index (κ1) is 23.4. The van der Waals surface area contributed by atoms with Crippen LogP contribution in [0.5, 0.6) is 0 Å². The highest BCUT2D eigenvalue weighted by molar-refractivity contribution is 6.00. The van der Waals surface area contributed by atoms with E-state index in [-0.39, 0.29) is 45.3 Å². The van der Waals surface area contributed by atoms with Gasteiger partial charge in [0, 0.05) is 35.4 Å². The number of ketones is 1. The summed E-state index contributed by atoms with van der Waals surface area (Å²) in [4.78, 5) is 14.0. The Morgan fingerprint density at radius 1 is 1.10 bits per heavy atom. The van der Waals surface area contributed by atoms with E-state index >= 15 is 0 Å². The molecule has 4 rings (SSSR count). The number of aliphatic hydroxyl groups excluding tert-OH is 2. The maximum atomic E-state index is 14.0. The van der Waals surface area contributed by atoms with Gasteiger partial charge in [-0.15, -0.1) is 0 Å². The van der Waals surface area contributed by atoms with Crippen molar-refractivity contribution >= 4 is 5.78 Å². The van der Waals surface area contributed by atoms with Gasteiger partial charge in [-0.2, -0.15) is 0 Å². The van der Waals surface area contributed by atoms with Crippen LogP contribution in [0.2, 0.25) is 0 Å². The molecule has 4 aliphatic rings. The molecule has 2 saturated carbocycles. The van der Waals surface area contributed by atoms with Gasteiger partial charge in [-0.1, -0.05) is 34.6 Å². The van der Waals surface area contributed by atoms with Gasteiger partial charge in [0.2, 0.25) is 0 Å². The fraction of sp³-hybridized carbons (Fsp3) is 0.885. The summed E-state index contributed by atoms with van der Waals surface area (Å²) in [5.41, 5.74) is 0.916. The average Bonchev–Trinajstić information content (AvgIpc) is 2.87. The van der Waals surface area contributed by atoms with Crippen LogP contribution in [0.3, 0.4) is 0 Å². The number of carbonyl (C=O) groups excluding carboxylic acids is 1. The summed E-state index contributed by atoms with van der Waals surface area (Å²) >= 11 is 0. The molecule has 9 atom stereocenters. The molecule has 2 fully saturated rings. The quantitative estimate of drug-likeness (QED) is 0.551. The lowest BCUT2D eigenvalue weighted by molar-refractivity contribution is -0.130. The molecule has 0 radical (unpaired) electrons. The Hall–Kier alpha value is -0.750. The fourth-order valence-electron chi connectivity index (χ4n) is 9.15. The van der Waals surface area contributed by atoms with Crippen LogP contribution in [0, 0.1) is 33.5 Å². The number of rotatable bonds is 3. The van der Waals surface area contributed by atoms with Gasteiger partial charge < -0.3 is 20.8 Å². The van der Waals surface area contributed by atoms with Crippen LogP contribution in [0.4, 0.5) is 0 Å². The lowest BCUT2D eigenvalue weighted by Gasteiger charge is -2.62. The number of aliphatic hydroxyl groups is 2. The zero-order valence-corrected chi connectivity index (χ0v) is 20.8. The number of Topliss-reactive ketones (excluding diaryl/α,β-unsaturated/α-hetero) is 1. The summed E-state index contributed by atoms with van der Waals surface area (Å²) in [6.45, 7) is 13.4. The van der Waals surface area contributed by atoms with Crippen LogP contribution in [-0.2, 0) is 4.79 Å². The van der Waals surface area contributed by atoms with Gasteiger partial charge in [0.25, 0.3) is 0 Å². The molecule has 0 bridgehead atoms. The zero-order valence-electron chi connectivity index (χ0n) is 20.8. The van der Waals surface area contributed by atoms with Crippen molar-refractivity contribution in [2.45, 2.75) is 97.9 Å². The Morgan fingerprint density at radius 3 is 2.32 bits per heavy atom. The fourth-order valence-corrected chi connectivity index (χ4v) is 9.15. The van der Waals surface area contributed by atoms with Crippen molar-refractivity contribution in [3.05, 3.63) is 11.1 Å². The van der Waals surface area contributed by atoms with Crippen molar-refractivity contribution in [1.29, 1.82) is 0 Å². The molecule has 5 heteroatoms. The normalized spacial score (nSPS) is 50.0. The van der Waals surface area contributed by atoms with E-state index < -0.39 is 12.2 Å². The van der Waals surface area contributed by atoms with Crippen molar-refractivity contribution in [3.63, 3.8) is 0 Å². The van der Waals surface area contributed by atoms with Crippen molar-refractivity contribution in [3.8, 4) is 0 Å². The molecule has 0 heterocycles. The molecule has 0 aliphatic heterocycles. The van der Waals surface area contributed by atoms with E-state index in [1.165, 1.54) is 0 Å². The molecule has 0 aromatic heterocycles. The predicted octanol–water partition coefficient (Wildman–Crippen LogP) is 3.05. The maximum Gasteiger partial charge on any atom is 0.160 e. The van der Waals surface area contributed by atoms with E-state index in [0.29, 0.717) is 25.3 Å². The summed E-state index contributed by atoms with van der Waals surface area (Å²) < 4.78 is 0. The highest BCUT2D eigenvalue weighted by Gasteiger charge is 2.69. The highest BCUT2D eigenvalue weighted by atomic mass is 16.3. The molecule has 176 valence electrons. The minimum Gasteiger partial charge on any atom is -0.393 e. The Labute approximate surface area is 188 Å². The van der Waals surface area contributed by atoms with Crippen LogP contribution < -0.4 is 10.6 Å². The first-order valence-electron chi connectivity index (χ1n) is 12.3.